The van der Waals surface area contributed by atoms with E-state index in [-0.39, 0.29) is 4.90 Å². The molecule has 0 unspecified atom stereocenters. The van der Waals surface area contributed by atoms with Crippen molar-refractivity contribution < 1.29 is 8.42 Å². The Kier molecular flexibility index (Phi) is 2.31. The molecule has 0 aromatic heterocycles. The molecule has 0 aliphatic rings. The molecule has 1 aromatic carbocycles. The maximum atomic E-state index is 10.6. The molecule has 0 spiro atoms. The molecule has 5 heteroatoms. The number of benzene rings is 1. The van der Waals surface area contributed by atoms with Crippen LogP contribution in [0.15, 0.2) is 33.6 Å². The molecule has 0 bridgehead atoms. The minimum absolute atomic E-state index is 0.00637. The van der Waals surface area contributed by atoms with E-state index in [0.717, 1.165) is 0 Å². The van der Waals surface area contributed by atoms with E-state index in [1.807, 2.05) is 0 Å². The first kappa shape index (κ1) is 8.70. The van der Waals surface area contributed by atoms with Crippen molar-refractivity contribution in [1.29, 1.82) is 0 Å². The molecule has 0 aliphatic heterocycles. The van der Waals surface area contributed by atoms with Gasteiger partial charge in [0.25, 0.3) is 10.0 Å². The second kappa shape index (κ2) is 2.92. The van der Waals surface area contributed by atoms with Crippen LogP contribution in [0.5, 0.6) is 0 Å². The molecule has 1 rings (SSSR count). The molecule has 11 heavy (non-hydrogen) atoms. The molecule has 0 amide bonds. The molecule has 0 aliphatic carbocycles. The molecule has 1 aromatic rings. The molecular weight excluding hydrogens is 230 g/mol. The highest BCUT2D eigenvalue weighted by Crippen LogP contribution is 2.14. The van der Waals surface area contributed by atoms with Crippen molar-refractivity contribution in [3.8, 4) is 0 Å². The van der Waals surface area contributed by atoms with Gasteiger partial charge in [-0.2, -0.15) is 0 Å². The largest absolute Gasteiger partial charge is 0.254 e. The average molecular weight is 235 g/mol. The first-order valence-corrected chi connectivity index (χ1v) is 5.03. The molecule has 1 radical (unpaired) electrons. The standard InChI is InChI=1S/C6H5BrNO2S/c7-5-2-1-3-6(4-5)11(8,9)10/h1-4,8H. The molecule has 0 heterocycles. The number of hydrogen-bond donors (Lipinski definition) is 0. The maximum Gasteiger partial charge on any atom is 0.254 e. The Morgan fingerprint density at radius 3 is 2.36 bits per heavy atom. The van der Waals surface area contributed by atoms with Crippen molar-refractivity contribution >= 4 is 26.0 Å². The van der Waals surface area contributed by atoms with Gasteiger partial charge in [0.15, 0.2) is 0 Å². The smallest absolute Gasteiger partial charge is 0.206 e. The summed E-state index contributed by atoms with van der Waals surface area (Å²) < 4.78 is 21.9. The Morgan fingerprint density at radius 1 is 1.36 bits per heavy atom. The van der Waals surface area contributed by atoms with Gasteiger partial charge in [0.2, 0.25) is 0 Å². The van der Waals surface area contributed by atoms with Gasteiger partial charge in [0, 0.05) is 4.47 Å². The maximum absolute atomic E-state index is 10.6. The van der Waals surface area contributed by atoms with Crippen LogP contribution in [0.3, 0.4) is 0 Å². The normalized spacial score (nSPS) is 11.5. The van der Waals surface area contributed by atoms with E-state index in [2.05, 4.69) is 15.9 Å². The molecule has 3 nitrogen and oxygen atoms in total. The van der Waals surface area contributed by atoms with E-state index in [1.54, 1.807) is 12.1 Å². The lowest BCUT2D eigenvalue weighted by Crippen LogP contribution is -1.99. The molecule has 1 N–H and O–H groups in total. The lowest BCUT2D eigenvalue weighted by atomic mass is 10.4. The van der Waals surface area contributed by atoms with E-state index >= 15 is 0 Å². The summed E-state index contributed by atoms with van der Waals surface area (Å²) in [4.78, 5) is 0.00637. The van der Waals surface area contributed by atoms with Crippen LogP contribution in [0.4, 0.5) is 0 Å². The van der Waals surface area contributed by atoms with Crippen molar-refractivity contribution in [2.45, 2.75) is 4.90 Å². The Balaban J connectivity index is 3.28. The van der Waals surface area contributed by atoms with Crippen LogP contribution in [0.25, 0.3) is 0 Å². The van der Waals surface area contributed by atoms with Gasteiger partial charge in [0.1, 0.15) is 0 Å². The van der Waals surface area contributed by atoms with Crippen LogP contribution in [0, 0.1) is 0 Å². The minimum atomic E-state index is -3.81. The second-order valence-electron chi connectivity index (χ2n) is 1.96. The van der Waals surface area contributed by atoms with E-state index < -0.39 is 10.0 Å². The molecule has 59 valence electrons. The Labute approximate surface area is 73.4 Å². The molecule has 0 fully saturated rings. The summed E-state index contributed by atoms with van der Waals surface area (Å²) in [6.07, 6.45) is 0. The lowest BCUT2D eigenvalue weighted by molar-refractivity contribution is 0.596. The van der Waals surface area contributed by atoms with Gasteiger partial charge >= 0.3 is 0 Å². The van der Waals surface area contributed by atoms with E-state index in [0.29, 0.717) is 4.47 Å². The van der Waals surface area contributed by atoms with Crippen molar-refractivity contribution in [3.05, 3.63) is 28.7 Å². The predicted molar refractivity (Wildman–Crippen MR) is 44.4 cm³/mol. The van der Waals surface area contributed by atoms with Crippen LogP contribution >= 0.6 is 15.9 Å². The lowest BCUT2D eigenvalue weighted by Gasteiger charge is -1.95. The average Bonchev–Trinajstić information content (AvgIpc) is 1.86. The van der Waals surface area contributed by atoms with Crippen molar-refractivity contribution in [3.63, 3.8) is 0 Å². The van der Waals surface area contributed by atoms with Crippen molar-refractivity contribution in [2.75, 3.05) is 0 Å². The molecular formula is C6H5BrNO2S. The first-order chi connectivity index (χ1) is 5.00. The zero-order valence-corrected chi connectivity index (χ0v) is 7.81. The van der Waals surface area contributed by atoms with Crippen molar-refractivity contribution in [2.24, 2.45) is 0 Å². The summed E-state index contributed by atoms with van der Waals surface area (Å²) in [5, 5.41) is 6.72. The Morgan fingerprint density at radius 2 is 2.00 bits per heavy atom. The molecule has 0 saturated carbocycles. The summed E-state index contributed by atoms with van der Waals surface area (Å²) >= 11 is 3.11. The third kappa shape index (κ3) is 2.28. The van der Waals surface area contributed by atoms with Gasteiger partial charge in [0.05, 0.1) is 4.90 Å². The van der Waals surface area contributed by atoms with Gasteiger partial charge < -0.3 is 0 Å². The van der Waals surface area contributed by atoms with Crippen LogP contribution < -0.4 is 5.14 Å². The summed E-state index contributed by atoms with van der Waals surface area (Å²) in [5.74, 6) is 0. The SMILES string of the molecule is [NH]S(=O)(=O)c1cccc(Br)c1. The number of halogens is 1. The fourth-order valence-corrected chi connectivity index (χ4v) is 1.72. The molecule has 0 saturated heterocycles. The van der Waals surface area contributed by atoms with Gasteiger partial charge in [-0.3, -0.25) is 0 Å². The van der Waals surface area contributed by atoms with Gasteiger partial charge in [-0.25, -0.2) is 8.42 Å². The predicted octanol–water partition coefficient (Wildman–Crippen LogP) is 1.42. The third-order valence-corrected chi connectivity index (χ3v) is 2.47. The topological polar surface area (TPSA) is 57.9 Å². The van der Waals surface area contributed by atoms with Gasteiger partial charge in [-0.1, -0.05) is 22.0 Å². The Bertz CT molecular complexity index is 361. The zero-order chi connectivity index (χ0) is 8.48. The highest BCUT2D eigenvalue weighted by molar-refractivity contribution is 9.10. The number of hydrogen-bond acceptors (Lipinski definition) is 2. The Hall–Kier alpha value is -0.390. The highest BCUT2D eigenvalue weighted by atomic mass is 79.9. The third-order valence-electron chi connectivity index (χ3n) is 1.11. The highest BCUT2D eigenvalue weighted by Gasteiger charge is 2.07. The number of rotatable bonds is 1. The summed E-state index contributed by atoms with van der Waals surface area (Å²) in [6.45, 7) is 0. The van der Waals surface area contributed by atoms with E-state index in [4.69, 9.17) is 5.14 Å². The van der Waals surface area contributed by atoms with E-state index in [1.165, 1.54) is 12.1 Å². The first-order valence-electron chi connectivity index (χ1n) is 2.75. The molecule has 0 atom stereocenters. The van der Waals surface area contributed by atoms with Gasteiger partial charge in [-0.05, 0) is 18.2 Å². The van der Waals surface area contributed by atoms with Crippen LogP contribution in [-0.2, 0) is 10.0 Å². The van der Waals surface area contributed by atoms with Crippen molar-refractivity contribution in [1.82, 2.24) is 5.14 Å². The fraction of sp³-hybridized carbons (Fsp3) is 0. The number of sulfonamides is 1. The zero-order valence-electron chi connectivity index (χ0n) is 5.41. The quantitative estimate of drug-likeness (QED) is 0.739. The van der Waals surface area contributed by atoms with Crippen LogP contribution in [-0.4, -0.2) is 8.42 Å². The second-order valence-corrected chi connectivity index (χ2v) is 4.35. The summed E-state index contributed by atoms with van der Waals surface area (Å²) in [5.41, 5.74) is 0. The fourth-order valence-electron chi connectivity index (χ4n) is 0.634. The minimum Gasteiger partial charge on any atom is -0.206 e. The van der Waals surface area contributed by atoms with E-state index in [9.17, 15) is 8.42 Å². The summed E-state index contributed by atoms with van der Waals surface area (Å²) in [6, 6.07) is 6.05. The number of nitrogens with one attached hydrogen (secondary N) is 1. The van der Waals surface area contributed by atoms with Crippen LogP contribution in [0.2, 0.25) is 0 Å². The monoisotopic (exact) mass is 234 g/mol. The van der Waals surface area contributed by atoms with Crippen LogP contribution in [0.1, 0.15) is 0 Å². The van der Waals surface area contributed by atoms with Gasteiger partial charge in [-0.15, -0.1) is 5.14 Å². The summed E-state index contributed by atoms with van der Waals surface area (Å²) in [7, 11) is -3.81.